The molecule has 0 saturated heterocycles. The van der Waals surface area contributed by atoms with Gasteiger partial charge in [-0.3, -0.25) is 0 Å². The molecule has 5 heteroatoms. The lowest BCUT2D eigenvalue weighted by Crippen LogP contribution is -2.37. The lowest BCUT2D eigenvalue weighted by atomic mass is 10.2. The molecule has 0 spiro atoms. The van der Waals surface area contributed by atoms with Gasteiger partial charge in [-0.25, -0.2) is 9.18 Å². The quantitative estimate of drug-likeness (QED) is 0.727. The number of fused-ring (bicyclic) bond motifs is 1. The van der Waals surface area contributed by atoms with Crippen molar-refractivity contribution in [3.05, 3.63) is 65.6 Å². The third-order valence-corrected chi connectivity index (χ3v) is 6.26. The molecule has 0 unspecified atom stereocenters. The molecule has 3 rings (SSSR count). The Kier molecular flexibility index (Phi) is 4.05. The summed E-state index contributed by atoms with van der Waals surface area (Å²) in [5.74, 6) is -1.29. The van der Waals surface area contributed by atoms with Crippen LogP contribution in [0.5, 0.6) is 0 Å². The van der Waals surface area contributed by atoms with Gasteiger partial charge in [0.25, 0.3) is 0 Å². The third kappa shape index (κ3) is 3.12. The molecule has 0 aliphatic heterocycles. The van der Waals surface area contributed by atoms with E-state index in [-0.39, 0.29) is 11.5 Å². The number of rotatable bonds is 4. The van der Waals surface area contributed by atoms with E-state index >= 15 is 0 Å². The summed E-state index contributed by atoms with van der Waals surface area (Å²) in [6, 6.07) is 14.1. The van der Waals surface area contributed by atoms with E-state index in [0.29, 0.717) is 6.54 Å². The number of hydrogen-bond acceptors (Lipinski definition) is 1. The molecule has 0 aliphatic rings. The average molecular weight is 341 g/mol. The first-order valence-electron chi connectivity index (χ1n) is 7.87. The Hall–Kier alpha value is -2.40. The van der Waals surface area contributed by atoms with Gasteiger partial charge in [0.2, 0.25) is 0 Å². The number of aromatic carboxylic acids is 1. The maximum absolute atomic E-state index is 13.4. The summed E-state index contributed by atoms with van der Waals surface area (Å²) in [7, 11) is -1.47. The largest absolute Gasteiger partial charge is 0.477 e. The number of carboxylic acid groups (broad SMARTS) is 1. The van der Waals surface area contributed by atoms with Crippen LogP contribution in [0.2, 0.25) is 19.6 Å². The average Bonchev–Trinajstić information content (AvgIpc) is 2.85. The second-order valence-corrected chi connectivity index (χ2v) is 12.2. The molecule has 0 atom stereocenters. The van der Waals surface area contributed by atoms with Gasteiger partial charge in [-0.2, -0.15) is 0 Å². The zero-order chi connectivity index (χ0) is 17.5. The number of carboxylic acids is 1. The fraction of sp³-hybridized carbons (Fsp3) is 0.211. The summed E-state index contributed by atoms with van der Waals surface area (Å²) in [4.78, 5) is 11.6. The van der Waals surface area contributed by atoms with E-state index < -0.39 is 14.0 Å². The van der Waals surface area contributed by atoms with Crippen LogP contribution in [0.4, 0.5) is 4.39 Å². The van der Waals surface area contributed by atoms with Crippen LogP contribution in [0.25, 0.3) is 10.9 Å². The number of nitrogens with zero attached hydrogens (tertiary/aromatic N) is 1. The predicted molar refractivity (Wildman–Crippen MR) is 97.4 cm³/mol. The van der Waals surface area contributed by atoms with Crippen LogP contribution < -0.4 is 5.19 Å². The lowest BCUT2D eigenvalue weighted by molar-refractivity contribution is 0.0686. The molecular formula is C19H20FNO2Si. The standard InChI is InChI=1S/C19H20FNO2Si/c1-24(2,3)16-7-8-17-14(10-16)11-18(19(22)23)21(17)12-13-5-4-6-15(20)9-13/h4-11H,12H2,1-3H3,(H,22,23). The molecule has 0 amide bonds. The number of benzene rings is 2. The second kappa shape index (κ2) is 5.91. The van der Waals surface area contributed by atoms with Gasteiger partial charge in [-0.05, 0) is 29.8 Å². The molecule has 0 saturated carbocycles. The molecule has 0 bridgehead atoms. The van der Waals surface area contributed by atoms with Crippen molar-refractivity contribution in [1.29, 1.82) is 0 Å². The summed E-state index contributed by atoms with van der Waals surface area (Å²) >= 11 is 0. The van der Waals surface area contributed by atoms with Crippen molar-refractivity contribution in [2.45, 2.75) is 26.2 Å². The molecule has 124 valence electrons. The van der Waals surface area contributed by atoms with Crippen LogP contribution in [0.1, 0.15) is 16.1 Å². The number of aromatic nitrogens is 1. The fourth-order valence-corrected chi connectivity index (χ4v) is 4.07. The number of halogens is 1. The van der Waals surface area contributed by atoms with Crippen molar-refractivity contribution in [2.75, 3.05) is 0 Å². The Labute approximate surface area is 141 Å². The molecule has 0 radical (unpaired) electrons. The molecule has 0 fully saturated rings. The van der Waals surface area contributed by atoms with Gasteiger partial charge in [-0.1, -0.05) is 49.1 Å². The second-order valence-electron chi connectivity index (χ2n) is 7.07. The normalized spacial score (nSPS) is 11.8. The fourth-order valence-electron chi connectivity index (χ4n) is 2.90. The Balaban J connectivity index is 2.14. The number of hydrogen-bond donors (Lipinski definition) is 1. The molecule has 1 N–H and O–H groups in total. The maximum Gasteiger partial charge on any atom is 0.352 e. The minimum Gasteiger partial charge on any atom is -0.477 e. The highest BCUT2D eigenvalue weighted by Gasteiger charge is 2.20. The van der Waals surface area contributed by atoms with Crippen LogP contribution >= 0.6 is 0 Å². The highest BCUT2D eigenvalue weighted by molar-refractivity contribution is 6.88. The molecule has 3 nitrogen and oxygen atoms in total. The molecule has 1 aromatic heterocycles. The van der Waals surface area contributed by atoms with Crippen molar-refractivity contribution < 1.29 is 14.3 Å². The zero-order valence-corrected chi connectivity index (χ0v) is 15.0. The Bertz CT molecular complexity index is 925. The summed E-state index contributed by atoms with van der Waals surface area (Å²) in [6.07, 6.45) is 0. The van der Waals surface area contributed by atoms with Gasteiger partial charge in [0.15, 0.2) is 0 Å². The SMILES string of the molecule is C[Si](C)(C)c1ccc2c(c1)cc(C(=O)O)n2Cc1cccc(F)c1. The Morgan fingerprint density at radius 3 is 2.50 bits per heavy atom. The Morgan fingerprint density at radius 2 is 1.88 bits per heavy atom. The minimum absolute atomic E-state index is 0.224. The van der Waals surface area contributed by atoms with Gasteiger partial charge in [-0.15, -0.1) is 0 Å². The first-order chi connectivity index (χ1) is 11.3. The van der Waals surface area contributed by atoms with E-state index in [1.807, 2.05) is 6.07 Å². The summed E-state index contributed by atoms with van der Waals surface area (Å²) in [5, 5.41) is 11.7. The minimum atomic E-state index is -1.47. The first kappa shape index (κ1) is 16.5. The summed E-state index contributed by atoms with van der Waals surface area (Å²) in [5.41, 5.74) is 1.82. The number of carbonyl (C=O) groups is 1. The third-order valence-electron chi connectivity index (χ3n) is 4.22. The van der Waals surface area contributed by atoms with Gasteiger partial charge in [0.05, 0.1) is 8.07 Å². The van der Waals surface area contributed by atoms with E-state index in [1.54, 1.807) is 22.8 Å². The van der Waals surface area contributed by atoms with E-state index in [2.05, 4.69) is 31.8 Å². The topological polar surface area (TPSA) is 42.2 Å². The molecule has 24 heavy (non-hydrogen) atoms. The van der Waals surface area contributed by atoms with E-state index in [0.717, 1.165) is 16.5 Å². The van der Waals surface area contributed by atoms with Crippen LogP contribution in [0.3, 0.4) is 0 Å². The molecular weight excluding hydrogens is 321 g/mol. The summed E-state index contributed by atoms with van der Waals surface area (Å²) in [6.45, 7) is 7.11. The van der Waals surface area contributed by atoms with Crippen LogP contribution in [0.15, 0.2) is 48.5 Å². The van der Waals surface area contributed by atoms with Crippen LogP contribution in [0, 0.1) is 5.82 Å². The maximum atomic E-state index is 13.4. The zero-order valence-electron chi connectivity index (χ0n) is 14.0. The monoisotopic (exact) mass is 341 g/mol. The van der Waals surface area contributed by atoms with E-state index in [4.69, 9.17) is 0 Å². The van der Waals surface area contributed by atoms with E-state index in [1.165, 1.54) is 17.3 Å². The molecule has 2 aromatic carbocycles. The molecule has 3 aromatic rings. The highest BCUT2D eigenvalue weighted by Crippen LogP contribution is 2.22. The van der Waals surface area contributed by atoms with Crippen molar-refractivity contribution in [3.63, 3.8) is 0 Å². The van der Waals surface area contributed by atoms with Crippen molar-refractivity contribution in [3.8, 4) is 0 Å². The highest BCUT2D eigenvalue weighted by atomic mass is 28.3. The lowest BCUT2D eigenvalue weighted by Gasteiger charge is -2.17. The smallest absolute Gasteiger partial charge is 0.352 e. The first-order valence-corrected chi connectivity index (χ1v) is 11.4. The summed E-state index contributed by atoms with van der Waals surface area (Å²) < 4.78 is 15.2. The van der Waals surface area contributed by atoms with Gasteiger partial charge >= 0.3 is 5.97 Å². The van der Waals surface area contributed by atoms with Crippen molar-refractivity contribution in [1.82, 2.24) is 4.57 Å². The van der Waals surface area contributed by atoms with Gasteiger partial charge in [0.1, 0.15) is 11.5 Å². The van der Waals surface area contributed by atoms with Crippen molar-refractivity contribution >= 4 is 30.1 Å². The molecule has 0 aliphatic carbocycles. The van der Waals surface area contributed by atoms with Gasteiger partial charge < -0.3 is 9.67 Å². The molecule has 1 heterocycles. The van der Waals surface area contributed by atoms with Crippen molar-refractivity contribution in [2.24, 2.45) is 0 Å². The van der Waals surface area contributed by atoms with E-state index in [9.17, 15) is 14.3 Å². The van der Waals surface area contributed by atoms with Crippen LogP contribution in [-0.2, 0) is 6.54 Å². The van der Waals surface area contributed by atoms with Crippen LogP contribution in [-0.4, -0.2) is 23.7 Å². The Morgan fingerprint density at radius 1 is 1.12 bits per heavy atom. The van der Waals surface area contributed by atoms with Gasteiger partial charge in [0, 0.05) is 17.4 Å². The predicted octanol–water partition coefficient (Wildman–Crippen LogP) is 4.07.